The van der Waals surface area contributed by atoms with E-state index in [2.05, 4.69) is 18.2 Å². The second-order valence-corrected chi connectivity index (χ2v) is 4.67. The van der Waals surface area contributed by atoms with E-state index in [0.717, 1.165) is 12.0 Å². The fourth-order valence-electron chi connectivity index (χ4n) is 2.39. The lowest BCUT2D eigenvalue weighted by atomic mass is 9.94. The molecule has 1 aliphatic rings. The summed E-state index contributed by atoms with van der Waals surface area (Å²) >= 11 is 0. The number of hydrogen-bond donors (Lipinski definition) is 0. The smallest absolute Gasteiger partial charge is 0.123 e. The first-order valence-electron chi connectivity index (χ1n) is 6.44. The molecule has 96 valence electrons. The number of benzene rings is 2. The summed E-state index contributed by atoms with van der Waals surface area (Å²) in [5.74, 6) is -0.210. The van der Waals surface area contributed by atoms with Crippen molar-refractivity contribution in [1.29, 1.82) is 0 Å². The first-order chi connectivity index (χ1) is 9.33. The molecule has 0 N–H and O–H groups in total. The van der Waals surface area contributed by atoms with Gasteiger partial charge in [0.05, 0.1) is 12.7 Å². The Morgan fingerprint density at radius 3 is 2.42 bits per heavy atom. The van der Waals surface area contributed by atoms with Gasteiger partial charge in [0.1, 0.15) is 5.82 Å². The molecule has 0 aromatic heterocycles. The molecule has 2 heteroatoms. The summed E-state index contributed by atoms with van der Waals surface area (Å²) in [6.45, 7) is 0.603. The first-order valence-corrected chi connectivity index (χ1v) is 6.44. The molecule has 0 fully saturated rings. The van der Waals surface area contributed by atoms with Gasteiger partial charge in [-0.25, -0.2) is 4.39 Å². The van der Waals surface area contributed by atoms with Crippen LogP contribution >= 0.6 is 0 Å². The molecule has 3 rings (SSSR count). The number of hydrogen-bond acceptors (Lipinski definition) is 1. The highest BCUT2D eigenvalue weighted by atomic mass is 19.1. The minimum atomic E-state index is -0.210. The molecule has 0 aliphatic carbocycles. The second kappa shape index (κ2) is 5.37. The van der Waals surface area contributed by atoms with Crippen LogP contribution in [0.2, 0.25) is 0 Å². The molecule has 1 aliphatic heterocycles. The van der Waals surface area contributed by atoms with E-state index in [1.807, 2.05) is 18.2 Å². The SMILES string of the molecule is Fc1ccc(C2CC(c3ccccc3)=CCO2)cc1. The third kappa shape index (κ3) is 2.74. The molecule has 1 atom stereocenters. The van der Waals surface area contributed by atoms with Crippen LogP contribution < -0.4 is 0 Å². The van der Waals surface area contributed by atoms with Crippen molar-refractivity contribution < 1.29 is 9.13 Å². The average Bonchev–Trinajstić information content (AvgIpc) is 2.49. The number of rotatable bonds is 2. The van der Waals surface area contributed by atoms with E-state index < -0.39 is 0 Å². The maximum atomic E-state index is 12.9. The Hall–Kier alpha value is -1.93. The summed E-state index contributed by atoms with van der Waals surface area (Å²) < 4.78 is 18.7. The third-order valence-corrected chi connectivity index (χ3v) is 3.42. The summed E-state index contributed by atoms with van der Waals surface area (Å²) in [5.41, 5.74) is 3.56. The Labute approximate surface area is 112 Å². The van der Waals surface area contributed by atoms with Gasteiger partial charge < -0.3 is 4.74 Å². The van der Waals surface area contributed by atoms with Crippen molar-refractivity contribution in [3.05, 3.63) is 77.6 Å². The van der Waals surface area contributed by atoms with Crippen molar-refractivity contribution >= 4 is 5.57 Å². The lowest BCUT2D eigenvalue weighted by molar-refractivity contribution is 0.0708. The number of ether oxygens (including phenoxy) is 1. The van der Waals surface area contributed by atoms with E-state index in [1.54, 1.807) is 12.1 Å². The minimum absolute atomic E-state index is 0.0146. The molecular weight excluding hydrogens is 239 g/mol. The van der Waals surface area contributed by atoms with Gasteiger partial charge in [0.25, 0.3) is 0 Å². The average molecular weight is 254 g/mol. The summed E-state index contributed by atoms with van der Waals surface area (Å²) in [4.78, 5) is 0. The van der Waals surface area contributed by atoms with E-state index in [9.17, 15) is 4.39 Å². The molecular formula is C17H15FO. The van der Waals surface area contributed by atoms with E-state index in [0.29, 0.717) is 6.61 Å². The monoisotopic (exact) mass is 254 g/mol. The zero-order chi connectivity index (χ0) is 13.1. The summed E-state index contributed by atoms with van der Waals surface area (Å²) in [6, 6.07) is 16.9. The molecule has 0 radical (unpaired) electrons. The van der Waals surface area contributed by atoms with Gasteiger partial charge in [0, 0.05) is 6.42 Å². The Bertz CT molecular complexity index is 572. The van der Waals surface area contributed by atoms with E-state index in [1.165, 1.54) is 23.3 Å². The summed E-state index contributed by atoms with van der Waals surface area (Å²) in [6.07, 6.45) is 2.96. The maximum Gasteiger partial charge on any atom is 0.123 e. The van der Waals surface area contributed by atoms with Gasteiger partial charge >= 0.3 is 0 Å². The highest BCUT2D eigenvalue weighted by Gasteiger charge is 2.18. The lowest BCUT2D eigenvalue weighted by Gasteiger charge is -2.24. The van der Waals surface area contributed by atoms with Gasteiger partial charge in [-0.1, -0.05) is 48.5 Å². The first kappa shape index (κ1) is 12.1. The quantitative estimate of drug-likeness (QED) is 0.773. The van der Waals surface area contributed by atoms with E-state index in [-0.39, 0.29) is 11.9 Å². The normalized spacial score (nSPS) is 19.0. The van der Waals surface area contributed by atoms with Crippen molar-refractivity contribution in [1.82, 2.24) is 0 Å². The molecule has 0 spiro atoms. The molecule has 0 amide bonds. The zero-order valence-corrected chi connectivity index (χ0v) is 10.6. The van der Waals surface area contributed by atoms with Crippen molar-refractivity contribution in [3.63, 3.8) is 0 Å². The fraction of sp³-hybridized carbons (Fsp3) is 0.176. The molecule has 1 unspecified atom stereocenters. The Morgan fingerprint density at radius 2 is 1.68 bits per heavy atom. The third-order valence-electron chi connectivity index (χ3n) is 3.42. The maximum absolute atomic E-state index is 12.9. The molecule has 1 nitrogen and oxygen atoms in total. The standard InChI is InChI=1S/C17H15FO/c18-16-8-6-14(7-9-16)17-12-15(10-11-19-17)13-4-2-1-3-5-13/h1-10,17H,11-12H2. The van der Waals surface area contributed by atoms with Gasteiger partial charge in [-0.05, 0) is 28.8 Å². The van der Waals surface area contributed by atoms with Crippen LogP contribution in [0.15, 0.2) is 60.7 Å². The Balaban J connectivity index is 1.81. The van der Waals surface area contributed by atoms with Crippen molar-refractivity contribution in [2.24, 2.45) is 0 Å². The predicted molar refractivity (Wildman–Crippen MR) is 74.1 cm³/mol. The second-order valence-electron chi connectivity index (χ2n) is 4.67. The Morgan fingerprint density at radius 1 is 0.947 bits per heavy atom. The highest BCUT2D eigenvalue weighted by molar-refractivity contribution is 5.66. The van der Waals surface area contributed by atoms with Gasteiger partial charge in [0.2, 0.25) is 0 Å². The molecule has 2 aromatic carbocycles. The van der Waals surface area contributed by atoms with E-state index in [4.69, 9.17) is 4.74 Å². The summed E-state index contributed by atoms with van der Waals surface area (Å²) in [5, 5.41) is 0. The van der Waals surface area contributed by atoms with Gasteiger partial charge in [-0.15, -0.1) is 0 Å². The van der Waals surface area contributed by atoms with Gasteiger partial charge in [-0.3, -0.25) is 0 Å². The number of halogens is 1. The van der Waals surface area contributed by atoms with Gasteiger partial charge in [0.15, 0.2) is 0 Å². The largest absolute Gasteiger partial charge is 0.369 e. The fourth-order valence-corrected chi connectivity index (χ4v) is 2.39. The lowest BCUT2D eigenvalue weighted by Crippen LogP contribution is -2.11. The van der Waals surface area contributed by atoms with E-state index >= 15 is 0 Å². The molecule has 1 heterocycles. The molecule has 0 bridgehead atoms. The molecule has 19 heavy (non-hydrogen) atoms. The van der Waals surface area contributed by atoms with Crippen molar-refractivity contribution in [2.45, 2.75) is 12.5 Å². The van der Waals surface area contributed by atoms with Crippen molar-refractivity contribution in [2.75, 3.05) is 6.61 Å². The van der Waals surface area contributed by atoms with Crippen LogP contribution in [-0.4, -0.2) is 6.61 Å². The van der Waals surface area contributed by atoms with Crippen LogP contribution in [0.3, 0.4) is 0 Å². The van der Waals surface area contributed by atoms with Crippen LogP contribution in [0.5, 0.6) is 0 Å². The topological polar surface area (TPSA) is 9.23 Å². The predicted octanol–water partition coefficient (Wildman–Crippen LogP) is 4.37. The molecule has 0 saturated carbocycles. The molecule has 2 aromatic rings. The molecule has 0 saturated heterocycles. The van der Waals surface area contributed by atoms with Crippen LogP contribution in [0.4, 0.5) is 4.39 Å². The zero-order valence-electron chi connectivity index (χ0n) is 10.6. The van der Waals surface area contributed by atoms with Crippen LogP contribution in [-0.2, 0) is 4.74 Å². The van der Waals surface area contributed by atoms with Crippen LogP contribution in [0.1, 0.15) is 23.7 Å². The van der Waals surface area contributed by atoms with Crippen LogP contribution in [0.25, 0.3) is 5.57 Å². The summed E-state index contributed by atoms with van der Waals surface area (Å²) in [7, 11) is 0. The minimum Gasteiger partial charge on any atom is -0.369 e. The van der Waals surface area contributed by atoms with Crippen LogP contribution in [0, 0.1) is 5.82 Å². The van der Waals surface area contributed by atoms with Crippen molar-refractivity contribution in [3.8, 4) is 0 Å². The van der Waals surface area contributed by atoms with Gasteiger partial charge in [-0.2, -0.15) is 0 Å². The Kier molecular flexibility index (Phi) is 3.43. The highest BCUT2D eigenvalue weighted by Crippen LogP contribution is 2.33.